The van der Waals surface area contributed by atoms with Gasteiger partial charge in [-0.3, -0.25) is 0 Å². The van der Waals surface area contributed by atoms with Crippen LogP contribution in [0.2, 0.25) is 0 Å². The molecule has 0 aromatic heterocycles. The van der Waals surface area contributed by atoms with Gasteiger partial charge in [-0.1, -0.05) is 26.0 Å². The number of aryl methyl sites for hydroxylation is 1. The molecule has 0 spiro atoms. The molecule has 0 fully saturated rings. The summed E-state index contributed by atoms with van der Waals surface area (Å²) in [6.07, 6.45) is 1.05. The van der Waals surface area contributed by atoms with Gasteiger partial charge < -0.3 is 14.8 Å². The molecule has 3 heteroatoms. The molecule has 1 rings (SSSR count). The fourth-order valence-corrected chi connectivity index (χ4v) is 2.18. The Balaban J connectivity index is 2.65. The Hall–Kier alpha value is -1.06. The number of hydrogen-bond donors (Lipinski definition) is 1. The fourth-order valence-electron chi connectivity index (χ4n) is 2.18. The van der Waals surface area contributed by atoms with Gasteiger partial charge in [0.25, 0.3) is 0 Å². The van der Waals surface area contributed by atoms with Gasteiger partial charge in [0, 0.05) is 31.9 Å². The van der Waals surface area contributed by atoms with Crippen LogP contribution in [0, 0.1) is 12.3 Å². The van der Waals surface area contributed by atoms with Crippen molar-refractivity contribution in [3.63, 3.8) is 0 Å². The molecule has 1 unspecified atom stereocenters. The molecule has 0 bridgehead atoms. The number of hydrogen-bond acceptors (Lipinski definition) is 3. The maximum Gasteiger partial charge on any atom is 0.123 e. The first-order valence-electron chi connectivity index (χ1n) is 7.26. The molecule has 3 nitrogen and oxygen atoms in total. The molecule has 1 atom stereocenters. The predicted octanol–water partition coefficient (Wildman–Crippen LogP) is 3.72. The number of rotatable bonds is 8. The molecule has 0 aliphatic rings. The summed E-state index contributed by atoms with van der Waals surface area (Å²) >= 11 is 0. The van der Waals surface area contributed by atoms with Gasteiger partial charge >= 0.3 is 0 Å². The highest BCUT2D eigenvalue weighted by molar-refractivity contribution is 5.39. The summed E-state index contributed by atoms with van der Waals surface area (Å²) in [6, 6.07) is 6.64. The summed E-state index contributed by atoms with van der Waals surface area (Å²) in [5, 5.41) is 3.61. The molecule has 20 heavy (non-hydrogen) atoms. The SMILES string of the molecule is COCCC(C)(C)CNC(C)c1ccc(C)cc1OC. The number of nitrogens with one attached hydrogen (secondary N) is 1. The van der Waals surface area contributed by atoms with Crippen molar-refractivity contribution in [3.05, 3.63) is 29.3 Å². The summed E-state index contributed by atoms with van der Waals surface area (Å²) in [4.78, 5) is 0. The van der Waals surface area contributed by atoms with Gasteiger partial charge in [-0.2, -0.15) is 0 Å². The van der Waals surface area contributed by atoms with Crippen LogP contribution in [0.4, 0.5) is 0 Å². The lowest BCUT2D eigenvalue weighted by molar-refractivity contribution is 0.149. The van der Waals surface area contributed by atoms with E-state index in [0.717, 1.165) is 25.3 Å². The molecular weight excluding hydrogens is 250 g/mol. The number of ether oxygens (including phenoxy) is 2. The van der Waals surface area contributed by atoms with Crippen LogP contribution in [0.1, 0.15) is 44.4 Å². The van der Waals surface area contributed by atoms with Crippen LogP contribution in [-0.2, 0) is 4.74 Å². The molecule has 1 N–H and O–H groups in total. The zero-order chi connectivity index (χ0) is 15.2. The second-order valence-corrected chi connectivity index (χ2v) is 6.26. The van der Waals surface area contributed by atoms with Crippen LogP contribution >= 0.6 is 0 Å². The average Bonchev–Trinajstić information content (AvgIpc) is 2.42. The fraction of sp³-hybridized carbons (Fsp3) is 0.647. The minimum absolute atomic E-state index is 0.224. The summed E-state index contributed by atoms with van der Waals surface area (Å²) in [6.45, 7) is 10.5. The van der Waals surface area contributed by atoms with E-state index in [2.05, 4.69) is 51.2 Å². The van der Waals surface area contributed by atoms with Gasteiger partial charge in [-0.15, -0.1) is 0 Å². The van der Waals surface area contributed by atoms with Crippen molar-refractivity contribution in [1.82, 2.24) is 5.32 Å². The van der Waals surface area contributed by atoms with E-state index in [4.69, 9.17) is 9.47 Å². The largest absolute Gasteiger partial charge is 0.496 e. The molecule has 0 radical (unpaired) electrons. The Morgan fingerprint density at radius 2 is 1.95 bits per heavy atom. The summed E-state index contributed by atoms with van der Waals surface area (Å²) < 4.78 is 10.7. The molecule has 0 saturated heterocycles. The first kappa shape index (κ1) is 17.0. The van der Waals surface area contributed by atoms with Crippen molar-refractivity contribution in [3.8, 4) is 5.75 Å². The highest BCUT2D eigenvalue weighted by Gasteiger charge is 2.19. The smallest absolute Gasteiger partial charge is 0.123 e. The van der Waals surface area contributed by atoms with E-state index in [9.17, 15) is 0 Å². The van der Waals surface area contributed by atoms with Gasteiger partial charge in [0.2, 0.25) is 0 Å². The molecule has 0 aliphatic heterocycles. The van der Waals surface area contributed by atoms with Crippen LogP contribution in [-0.4, -0.2) is 27.4 Å². The van der Waals surface area contributed by atoms with Crippen molar-refractivity contribution in [2.24, 2.45) is 5.41 Å². The number of methoxy groups -OCH3 is 2. The zero-order valence-electron chi connectivity index (χ0n) is 13.7. The Bertz CT molecular complexity index is 415. The van der Waals surface area contributed by atoms with Gasteiger partial charge in [-0.05, 0) is 37.3 Å². The normalized spacial score (nSPS) is 13.3. The monoisotopic (exact) mass is 279 g/mol. The molecule has 0 saturated carbocycles. The minimum atomic E-state index is 0.224. The van der Waals surface area contributed by atoms with Crippen molar-refractivity contribution in [1.29, 1.82) is 0 Å². The summed E-state index contributed by atoms with van der Waals surface area (Å²) in [7, 11) is 3.48. The molecule has 0 aliphatic carbocycles. The molecule has 1 aromatic rings. The first-order chi connectivity index (χ1) is 9.39. The summed E-state index contributed by atoms with van der Waals surface area (Å²) in [5.74, 6) is 0.958. The average molecular weight is 279 g/mol. The van der Waals surface area contributed by atoms with Gasteiger partial charge in [0.05, 0.1) is 7.11 Å². The van der Waals surface area contributed by atoms with E-state index in [-0.39, 0.29) is 11.5 Å². The molecule has 1 aromatic carbocycles. The second-order valence-electron chi connectivity index (χ2n) is 6.26. The highest BCUT2D eigenvalue weighted by Crippen LogP contribution is 2.27. The maximum atomic E-state index is 5.48. The van der Waals surface area contributed by atoms with Crippen LogP contribution in [0.15, 0.2) is 18.2 Å². The lowest BCUT2D eigenvalue weighted by Gasteiger charge is -2.27. The van der Waals surface area contributed by atoms with Crippen LogP contribution < -0.4 is 10.1 Å². The predicted molar refractivity (Wildman–Crippen MR) is 84.4 cm³/mol. The summed E-state index contributed by atoms with van der Waals surface area (Å²) in [5.41, 5.74) is 2.65. The van der Waals surface area contributed by atoms with E-state index in [0.29, 0.717) is 0 Å². The Kier molecular flexibility index (Phi) is 6.50. The third-order valence-corrected chi connectivity index (χ3v) is 3.73. The van der Waals surface area contributed by atoms with E-state index in [1.807, 2.05) is 0 Å². The van der Waals surface area contributed by atoms with Crippen LogP contribution in [0.25, 0.3) is 0 Å². The van der Waals surface area contributed by atoms with Crippen molar-refractivity contribution in [2.75, 3.05) is 27.4 Å². The van der Waals surface area contributed by atoms with E-state index in [1.165, 1.54) is 11.1 Å². The third-order valence-electron chi connectivity index (χ3n) is 3.73. The highest BCUT2D eigenvalue weighted by atomic mass is 16.5. The minimum Gasteiger partial charge on any atom is -0.496 e. The van der Waals surface area contributed by atoms with Crippen molar-refractivity contribution < 1.29 is 9.47 Å². The molecule has 0 amide bonds. The van der Waals surface area contributed by atoms with Gasteiger partial charge in [-0.25, -0.2) is 0 Å². The standard InChI is InChI=1S/C17H29NO2/c1-13-7-8-15(16(11-13)20-6)14(2)18-12-17(3,4)9-10-19-5/h7-8,11,14,18H,9-10,12H2,1-6H3. The van der Waals surface area contributed by atoms with E-state index in [1.54, 1.807) is 14.2 Å². The van der Waals surface area contributed by atoms with Crippen molar-refractivity contribution >= 4 is 0 Å². The molecular formula is C17H29NO2. The topological polar surface area (TPSA) is 30.5 Å². The lowest BCUT2D eigenvalue weighted by atomic mass is 9.89. The maximum absolute atomic E-state index is 5.48. The van der Waals surface area contributed by atoms with E-state index < -0.39 is 0 Å². The van der Waals surface area contributed by atoms with Crippen molar-refractivity contribution in [2.45, 2.75) is 40.2 Å². The van der Waals surface area contributed by atoms with E-state index >= 15 is 0 Å². The Labute approximate surface area is 123 Å². The molecule has 114 valence electrons. The second kappa shape index (κ2) is 7.65. The quantitative estimate of drug-likeness (QED) is 0.787. The lowest BCUT2D eigenvalue weighted by Crippen LogP contribution is -2.32. The van der Waals surface area contributed by atoms with Crippen LogP contribution in [0.5, 0.6) is 5.75 Å². The van der Waals surface area contributed by atoms with Gasteiger partial charge in [0.1, 0.15) is 5.75 Å². The Morgan fingerprint density at radius 1 is 1.25 bits per heavy atom. The Morgan fingerprint density at radius 3 is 2.55 bits per heavy atom. The van der Waals surface area contributed by atoms with Crippen LogP contribution in [0.3, 0.4) is 0 Å². The molecule has 0 heterocycles. The van der Waals surface area contributed by atoms with Gasteiger partial charge in [0.15, 0.2) is 0 Å². The third kappa shape index (κ3) is 5.14. The zero-order valence-corrected chi connectivity index (χ0v) is 13.7. The first-order valence-corrected chi connectivity index (χ1v) is 7.26. The number of benzene rings is 1.